The number of Topliss-reactive ketones (excluding diaryl/α,β-unsaturated/α-hetero) is 1. The van der Waals surface area contributed by atoms with Gasteiger partial charge >= 0.3 is 5.97 Å². The highest BCUT2D eigenvalue weighted by Gasteiger charge is 2.73. The van der Waals surface area contributed by atoms with Crippen molar-refractivity contribution in [3.63, 3.8) is 0 Å². The van der Waals surface area contributed by atoms with Crippen LogP contribution in [0.2, 0.25) is 0 Å². The number of rotatable bonds is 3. The second-order valence-corrected chi connectivity index (χ2v) is 9.80. The normalized spacial score (nSPS) is 46.5. The Kier molecular flexibility index (Phi) is 3.98. The van der Waals surface area contributed by atoms with Gasteiger partial charge in [0.15, 0.2) is 29.5 Å². The fourth-order valence-corrected chi connectivity index (χ4v) is 6.68. The van der Waals surface area contributed by atoms with E-state index >= 15 is 0 Å². The van der Waals surface area contributed by atoms with Crippen LogP contribution in [0, 0.1) is 0 Å². The van der Waals surface area contributed by atoms with Crippen LogP contribution >= 0.6 is 0 Å². The number of carbonyl (C=O) groups excluding carboxylic acids is 1. The maximum atomic E-state index is 13.1. The highest BCUT2D eigenvalue weighted by Crippen LogP contribution is 2.64. The molecule has 2 aliphatic carbocycles. The number of carboxylic acids is 1. The molecule has 3 heterocycles. The van der Waals surface area contributed by atoms with Gasteiger partial charge in [-0.05, 0) is 44.4 Å². The van der Waals surface area contributed by atoms with Gasteiger partial charge in [0.05, 0.1) is 11.0 Å². The third kappa shape index (κ3) is 2.57. The standard InChI is InChI=1S/C23H27NO10/c1-24-7-6-22-13-9-2-3-11(32-21-16(28)14(26)15(27)18(34-21)20(29)30)17(13)33-19(22)10(25)4-5-23(22,31)12(24)8-9/h2-3,12,14-16,18-19,21,26-28,31H,4-8H2,1H3,(H,29,30)/t12-,14+,15+,16-,18+,19+,21-,22+,23-/m1/s1/i1D3. The molecule has 184 valence electrons. The third-order valence-electron chi connectivity index (χ3n) is 8.30. The van der Waals surface area contributed by atoms with E-state index in [0.29, 0.717) is 11.1 Å². The summed E-state index contributed by atoms with van der Waals surface area (Å²) in [6.45, 7) is -2.34. The van der Waals surface area contributed by atoms with E-state index in [1.165, 1.54) is 11.0 Å². The summed E-state index contributed by atoms with van der Waals surface area (Å²) in [5.41, 5.74) is -1.55. The minimum atomic E-state index is -2.44. The first kappa shape index (κ1) is 19.0. The van der Waals surface area contributed by atoms with Crippen LogP contribution in [0.25, 0.3) is 0 Å². The molecule has 5 aliphatic rings. The van der Waals surface area contributed by atoms with Crippen molar-refractivity contribution >= 4 is 11.8 Å². The van der Waals surface area contributed by atoms with Gasteiger partial charge in [-0.15, -0.1) is 0 Å². The number of ether oxygens (including phenoxy) is 3. The summed E-state index contributed by atoms with van der Waals surface area (Å²) < 4.78 is 41.2. The number of hydrogen-bond donors (Lipinski definition) is 5. The molecule has 2 bridgehead atoms. The van der Waals surface area contributed by atoms with Gasteiger partial charge < -0.3 is 44.6 Å². The second kappa shape index (κ2) is 7.12. The minimum Gasteiger partial charge on any atom is -0.479 e. The predicted octanol–water partition coefficient (Wildman–Crippen LogP) is -1.69. The number of ketones is 1. The summed E-state index contributed by atoms with van der Waals surface area (Å²) >= 11 is 0. The lowest BCUT2D eigenvalue weighted by molar-refractivity contribution is -0.271. The topological polar surface area (TPSA) is 166 Å². The maximum Gasteiger partial charge on any atom is 0.335 e. The highest BCUT2D eigenvalue weighted by molar-refractivity contribution is 5.90. The quantitative estimate of drug-likeness (QED) is 0.335. The van der Waals surface area contributed by atoms with E-state index in [-0.39, 0.29) is 49.5 Å². The fraction of sp³-hybridized carbons (Fsp3) is 0.652. The summed E-state index contributed by atoms with van der Waals surface area (Å²) in [5, 5.41) is 52.0. The van der Waals surface area contributed by atoms with E-state index in [1.807, 2.05) is 0 Å². The molecule has 3 aliphatic heterocycles. The Morgan fingerprint density at radius 3 is 2.76 bits per heavy atom. The molecule has 9 atom stereocenters. The van der Waals surface area contributed by atoms with Crippen molar-refractivity contribution in [3.05, 3.63) is 23.3 Å². The lowest BCUT2D eigenvalue weighted by atomic mass is 9.49. The SMILES string of the molecule is [2H]C([2H])([2H])N1CC[C@]23c4c5ccc(O[C@@H]6O[C@H](C(=O)O)[C@@H](O)[C@H](O)[C@H]6O)c4O[C@H]2C(=O)CC[C@@]3(O)[C@H]1C5. The van der Waals surface area contributed by atoms with Crippen molar-refractivity contribution in [1.82, 2.24) is 4.90 Å². The third-order valence-corrected chi connectivity index (χ3v) is 8.30. The number of likely N-dealkylation sites (tertiary alicyclic amines) is 1. The summed E-state index contributed by atoms with van der Waals surface area (Å²) in [6, 6.07) is 2.36. The highest BCUT2D eigenvalue weighted by atomic mass is 16.7. The first-order chi connectivity index (χ1) is 17.3. The van der Waals surface area contributed by atoms with Crippen LogP contribution < -0.4 is 9.47 Å². The number of nitrogens with zero attached hydrogens (tertiary/aromatic N) is 1. The number of aliphatic hydroxyl groups is 4. The number of carbonyl (C=O) groups is 2. The van der Waals surface area contributed by atoms with Crippen LogP contribution in [0.3, 0.4) is 0 Å². The van der Waals surface area contributed by atoms with E-state index in [0.717, 1.165) is 0 Å². The van der Waals surface area contributed by atoms with E-state index in [4.69, 9.17) is 18.3 Å². The van der Waals surface area contributed by atoms with Gasteiger partial charge in [-0.3, -0.25) is 4.79 Å². The van der Waals surface area contributed by atoms with Crippen LogP contribution in [-0.4, -0.2) is 104 Å². The van der Waals surface area contributed by atoms with Gasteiger partial charge in [-0.25, -0.2) is 4.79 Å². The molecule has 6 rings (SSSR count). The van der Waals surface area contributed by atoms with Gasteiger partial charge in [-0.2, -0.15) is 0 Å². The van der Waals surface area contributed by atoms with Crippen molar-refractivity contribution in [3.8, 4) is 11.5 Å². The summed E-state index contributed by atoms with van der Waals surface area (Å²) in [4.78, 5) is 25.9. The molecule has 3 fully saturated rings. The molecular weight excluding hydrogens is 450 g/mol. The van der Waals surface area contributed by atoms with Crippen LogP contribution in [0.15, 0.2) is 12.1 Å². The van der Waals surface area contributed by atoms with Crippen molar-refractivity contribution < 1.29 is 53.4 Å². The molecule has 0 aromatic heterocycles. The largest absolute Gasteiger partial charge is 0.479 e. The van der Waals surface area contributed by atoms with Gasteiger partial charge in [0.2, 0.25) is 6.29 Å². The van der Waals surface area contributed by atoms with Crippen LogP contribution in [0.1, 0.15) is 34.5 Å². The summed E-state index contributed by atoms with van der Waals surface area (Å²) in [6.07, 6.45) is -9.80. The number of piperidine rings is 1. The van der Waals surface area contributed by atoms with E-state index < -0.39 is 66.8 Å². The minimum absolute atomic E-state index is 0.00257. The predicted molar refractivity (Wildman–Crippen MR) is 111 cm³/mol. The zero-order valence-corrected chi connectivity index (χ0v) is 18.0. The lowest BCUT2D eigenvalue weighted by Gasteiger charge is -2.62. The van der Waals surface area contributed by atoms with E-state index in [1.54, 1.807) is 6.07 Å². The Labute approximate surface area is 198 Å². The molecule has 34 heavy (non-hydrogen) atoms. The Morgan fingerprint density at radius 1 is 1.24 bits per heavy atom. The second-order valence-electron chi connectivity index (χ2n) is 9.80. The molecule has 1 aromatic carbocycles. The molecule has 2 saturated heterocycles. The number of benzene rings is 1. The number of carboxylic acid groups (broad SMARTS) is 1. The zero-order chi connectivity index (χ0) is 26.7. The van der Waals surface area contributed by atoms with E-state index in [2.05, 4.69) is 0 Å². The van der Waals surface area contributed by atoms with Gasteiger partial charge in [0, 0.05) is 22.1 Å². The van der Waals surface area contributed by atoms with Crippen molar-refractivity contribution in [2.45, 2.75) is 79.6 Å². The average molecular weight is 480 g/mol. The number of aliphatic hydroxyl groups excluding tert-OH is 3. The number of aliphatic carboxylic acids is 1. The molecule has 1 spiro atoms. The van der Waals surface area contributed by atoms with Crippen LogP contribution in [0.5, 0.6) is 11.5 Å². The molecular formula is C23H27NO10. The monoisotopic (exact) mass is 480 g/mol. The molecule has 5 N–H and O–H groups in total. The molecule has 11 nitrogen and oxygen atoms in total. The molecule has 0 amide bonds. The maximum absolute atomic E-state index is 13.1. The van der Waals surface area contributed by atoms with Gasteiger partial charge in [-0.1, -0.05) is 6.07 Å². The summed E-state index contributed by atoms with van der Waals surface area (Å²) in [5.74, 6) is -1.68. The Hall–Kier alpha value is -2.28. The first-order valence-electron chi connectivity index (χ1n) is 12.8. The van der Waals surface area contributed by atoms with Crippen molar-refractivity contribution in [1.29, 1.82) is 0 Å². The fourth-order valence-electron chi connectivity index (χ4n) is 6.68. The van der Waals surface area contributed by atoms with Gasteiger partial charge in [0.1, 0.15) is 18.3 Å². The summed E-state index contributed by atoms with van der Waals surface area (Å²) in [7, 11) is 0. The zero-order valence-electron chi connectivity index (χ0n) is 21.0. The lowest BCUT2D eigenvalue weighted by Crippen LogP contribution is -2.76. The average Bonchev–Trinajstić information content (AvgIpc) is 3.17. The molecule has 1 aromatic rings. The molecule has 11 heteroatoms. The van der Waals surface area contributed by atoms with Crippen molar-refractivity contribution in [2.24, 2.45) is 0 Å². The van der Waals surface area contributed by atoms with E-state index in [9.17, 15) is 35.1 Å². The Bertz CT molecular complexity index is 1180. The molecule has 0 radical (unpaired) electrons. The van der Waals surface area contributed by atoms with Crippen LogP contribution in [-0.2, 0) is 26.2 Å². The Balaban J connectivity index is 1.44. The van der Waals surface area contributed by atoms with Gasteiger partial charge in [0.25, 0.3) is 0 Å². The molecule has 1 saturated carbocycles. The first-order valence-corrected chi connectivity index (χ1v) is 11.3. The molecule has 0 unspecified atom stereocenters. The number of likely N-dealkylation sites (N-methyl/N-ethyl adjacent to an activating group) is 1. The number of hydrogen-bond acceptors (Lipinski definition) is 10. The smallest absolute Gasteiger partial charge is 0.335 e. The van der Waals surface area contributed by atoms with Crippen LogP contribution in [0.4, 0.5) is 0 Å². The van der Waals surface area contributed by atoms with Crippen molar-refractivity contribution in [2.75, 3.05) is 13.5 Å². The Morgan fingerprint density at radius 2 is 2.03 bits per heavy atom.